The Labute approximate surface area is 107 Å². The molecular weight excluding hydrogens is 224 g/mol. The molecule has 2 N–H and O–H groups in total. The van der Waals surface area contributed by atoms with Crippen LogP contribution in [0.1, 0.15) is 11.4 Å². The van der Waals surface area contributed by atoms with Gasteiger partial charge in [0, 0.05) is 38.6 Å². The fourth-order valence-corrected chi connectivity index (χ4v) is 1.84. The Morgan fingerprint density at radius 1 is 0.889 bits per heavy atom. The van der Waals surface area contributed by atoms with Crippen LogP contribution < -0.4 is 5.73 Å². The fraction of sp³-hybridized carbons (Fsp3) is 0.286. The summed E-state index contributed by atoms with van der Waals surface area (Å²) in [6, 6.07) is 11.9. The van der Waals surface area contributed by atoms with E-state index >= 15 is 0 Å². The lowest BCUT2D eigenvalue weighted by atomic mass is 10.3. The van der Waals surface area contributed by atoms with Crippen LogP contribution in [0.2, 0.25) is 0 Å². The molecule has 0 bridgehead atoms. The van der Waals surface area contributed by atoms with Crippen molar-refractivity contribution in [2.45, 2.75) is 13.1 Å². The molecule has 0 aliphatic carbocycles. The van der Waals surface area contributed by atoms with Crippen molar-refractivity contribution < 1.29 is 0 Å². The van der Waals surface area contributed by atoms with Gasteiger partial charge in [0.1, 0.15) is 0 Å². The molecule has 0 unspecified atom stereocenters. The van der Waals surface area contributed by atoms with Gasteiger partial charge in [-0.25, -0.2) is 0 Å². The van der Waals surface area contributed by atoms with Crippen molar-refractivity contribution in [2.24, 2.45) is 5.73 Å². The number of nitrogens with zero attached hydrogens (tertiary/aromatic N) is 3. The van der Waals surface area contributed by atoms with Crippen LogP contribution >= 0.6 is 0 Å². The maximum Gasteiger partial charge on any atom is 0.0544 e. The van der Waals surface area contributed by atoms with E-state index in [0.29, 0.717) is 6.54 Å². The van der Waals surface area contributed by atoms with Crippen LogP contribution in [0.5, 0.6) is 0 Å². The Morgan fingerprint density at radius 2 is 1.44 bits per heavy atom. The van der Waals surface area contributed by atoms with Crippen molar-refractivity contribution in [1.82, 2.24) is 14.9 Å². The van der Waals surface area contributed by atoms with Gasteiger partial charge >= 0.3 is 0 Å². The topological polar surface area (TPSA) is 55.0 Å². The summed E-state index contributed by atoms with van der Waals surface area (Å²) < 4.78 is 0. The monoisotopic (exact) mass is 242 g/mol. The van der Waals surface area contributed by atoms with Crippen molar-refractivity contribution >= 4 is 0 Å². The highest BCUT2D eigenvalue weighted by Crippen LogP contribution is 2.05. The molecule has 0 saturated heterocycles. The Kier molecular flexibility index (Phi) is 4.81. The zero-order valence-electron chi connectivity index (χ0n) is 10.4. The summed E-state index contributed by atoms with van der Waals surface area (Å²) in [4.78, 5) is 10.9. The first-order valence-corrected chi connectivity index (χ1v) is 6.11. The van der Waals surface area contributed by atoms with Crippen molar-refractivity contribution in [1.29, 1.82) is 0 Å². The van der Waals surface area contributed by atoms with Crippen LogP contribution in [0.3, 0.4) is 0 Å². The Balaban J connectivity index is 2.00. The molecule has 0 radical (unpaired) electrons. The SMILES string of the molecule is NCCN(Cc1ccccn1)Cc1ccccn1. The molecule has 2 heterocycles. The van der Waals surface area contributed by atoms with E-state index in [1.54, 1.807) is 0 Å². The van der Waals surface area contributed by atoms with Gasteiger partial charge in [-0.15, -0.1) is 0 Å². The molecule has 0 aliphatic heterocycles. The fourth-order valence-electron chi connectivity index (χ4n) is 1.84. The number of hydrogen-bond donors (Lipinski definition) is 1. The lowest BCUT2D eigenvalue weighted by Crippen LogP contribution is -2.29. The first-order valence-electron chi connectivity index (χ1n) is 6.11. The Morgan fingerprint density at radius 3 is 1.83 bits per heavy atom. The molecule has 0 aromatic carbocycles. The van der Waals surface area contributed by atoms with Crippen molar-refractivity contribution in [2.75, 3.05) is 13.1 Å². The Bertz CT molecular complexity index is 402. The van der Waals surface area contributed by atoms with Gasteiger partial charge in [-0.3, -0.25) is 14.9 Å². The highest BCUT2D eigenvalue weighted by atomic mass is 15.1. The smallest absolute Gasteiger partial charge is 0.0544 e. The molecule has 0 spiro atoms. The maximum atomic E-state index is 5.65. The first kappa shape index (κ1) is 12.7. The summed E-state index contributed by atoms with van der Waals surface area (Å²) >= 11 is 0. The van der Waals surface area contributed by atoms with E-state index in [-0.39, 0.29) is 0 Å². The average Bonchev–Trinajstić information content (AvgIpc) is 2.41. The first-order chi connectivity index (χ1) is 8.88. The Hall–Kier alpha value is -1.78. The van der Waals surface area contributed by atoms with E-state index in [2.05, 4.69) is 14.9 Å². The van der Waals surface area contributed by atoms with Crippen LogP contribution in [0.4, 0.5) is 0 Å². The lowest BCUT2D eigenvalue weighted by molar-refractivity contribution is 0.258. The van der Waals surface area contributed by atoms with Gasteiger partial charge < -0.3 is 5.73 Å². The molecule has 2 aromatic rings. The minimum atomic E-state index is 0.639. The molecule has 4 nitrogen and oxygen atoms in total. The highest BCUT2D eigenvalue weighted by Gasteiger charge is 2.07. The average molecular weight is 242 g/mol. The number of aromatic nitrogens is 2. The van der Waals surface area contributed by atoms with Gasteiger partial charge in [-0.1, -0.05) is 12.1 Å². The second-order valence-corrected chi connectivity index (χ2v) is 4.14. The van der Waals surface area contributed by atoms with Gasteiger partial charge in [-0.05, 0) is 24.3 Å². The molecule has 4 heteroatoms. The largest absolute Gasteiger partial charge is 0.329 e. The van der Waals surface area contributed by atoms with Gasteiger partial charge in [0.15, 0.2) is 0 Å². The molecule has 0 fully saturated rings. The minimum Gasteiger partial charge on any atom is -0.329 e. The van der Waals surface area contributed by atoms with E-state index in [0.717, 1.165) is 31.0 Å². The summed E-state index contributed by atoms with van der Waals surface area (Å²) in [5.41, 5.74) is 7.77. The summed E-state index contributed by atoms with van der Waals surface area (Å²) in [5.74, 6) is 0. The van der Waals surface area contributed by atoms with Crippen LogP contribution in [0.15, 0.2) is 48.8 Å². The third kappa shape index (κ3) is 3.91. The molecule has 2 rings (SSSR count). The van der Waals surface area contributed by atoms with Crippen LogP contribution in [0, 0.1) is 0 Å². The number of nitrogens with two attached hydrogens (primary N) is 1. The van der Waals surface area contributed by atoms with E-state index in [4.69, 9.17) is 5.73 Å². The van der Waals surface area contributed by atoms with Gasteiger partial charge in [0.2, 0.25) is 0 Å². The summed E-state index contributed by atoms with van der Waals surface area (Å²) in [6.07, 6.45) is 3.63. The van der Waals surface area contributed by atoms with Gasteiger partial charge in [0.25, 0.3) is 0 Å². The highest BCUT2D eigenvalue weighted by molar-refractivity contribution is 5.06. The lowest BCUT2D eigenvalue weighted by Gasteiger charge is -2.20. The number of hydrogen-bond acceptors (Lipinski definition) is 4. The quantitative estimate of drug-likeness (QED) is 0.832. The zero-order valence-corrected chi connectivity index (χ0v) is 10.4. The maximum absolute atomic E-state index is 5.65. The van der Waals surface area contributed by atoms with Crippen molar-refractivity contribution in [3.63, 3.8) is 0 Å². The van der Waals surface area contributed by atoms with E-state index in [1.165, 1.54) is 0 Å². The van der Waals surface area contributed by atoms with Crippen molar-refractivity contribution in [3.8, 4) is 0 Å². The van der Waals surface area contributed by atoms with Crippen LogP contribution in [0.25, 0.3) is 0 Å². The second-order valence-electron chi connectivity index (χ2n) is 4.14. The van der Waals surface area contributed by atoms with E-state index in [9.17, 15) is 0 Å². The summed E-state index contributed by atoms with van der Waals surface area (Å²) in [5, 5.41) is 0. The zero-order chi connectivity index (χ0) is 12.6. The normalized spacial score (nSPS) is 10.8. The third-order valence-corrected chi connectivity index (χ3v) is 2.67. The molecule has 0 atom stereocenters. The molecule has 0 aliphatic rings. The molecule has 0 amide bonds. The number of pyridine rings is 2. The molecule has 2 aromatic heterocycles. The number of rotatable bonds is 6. The second kappa shape index (κ2) is 6.83. The molecule has 94 valence electrons. The molecular formula is C14H18N4. The molecule has 18 heavy (non-hydrogen) atoms. The summed E-state index contributed by atoms with van der Waals surface area (Å²) in [6.45, 7) is 3.08. The third-order valence-electron chi connectivity index (χ3n) is 2.67. The standard InChI is InChI=1S/C14H18N4/c15-7-10-18(11-13-5-1-3-8-16-13)12-14-6-2-4-9-17-14/h1-6,8-9H,7,10-12,15H2. The summed E-state index contributed by atoms with van der Waals surface area (Å²) in [7, 11) is 0. The van der Waals surface area contributed by atoms with Crippen LogP contribution in [-0.4, -0.2) is 28.0 Å². The minimum absolute atomic E-state index is 0.639. The molecule has 0 saturated carbocycles. The van der Waals surface area contributed by atoms with Crippen LogP contribution in [-0.2, 0) is 13.1 Å². The van der Waals surface area contributed by atoms with Crippen molar-refractivity contribution in [3.05, 3.63) is 60.2 Å². The predicted octanol–water partition coefficient (Wildman–Crippen LogP) is 1.44. The van der Waals surface area contributed by atoms with Gasteiger partial charge in [0.05, 0.1) is 11.4 Å². The predicted molar refractivity (Wildman–Crippen MR) is 71.6 cm³/mol. The van der Waals surface area contributed by atoms with E-state index in [1.807, 2.05) is 48.8 Å². The van der Waals surface area contributed by atoms with Gasteiger partial charge in [-0.2, -0.15) is 0 Å². The van der Waals surface area contributed by atoms with E-state index < -0.39 is 0 Å².